The van der Waals surface area contributed by atoms with E-state index in [1.165, 1.54) is 17.8 Å². The van der Waals surface area contributed by atoms with Crippen LogP contribution < -0.4 is 5.32 Å². The Morgan fingerprint density at radius 2 is 2.00 bits per heavy atom. The quantitative estimate of drug-likeness (QED) is 0.499. The van der Waals surface area contributed by atoms with Gasteiger partial charge in [0.05, 0.1) is 26.0 Å². The summed E-state index contributed by atoms with van der Waals surface area (Å²) in [5.41, 5.74) is 1.72. The van der Waals surface area contributed by atoms with Crippen LogP contribution in [0.4, 0.5) is 0 Å². The van der Waals surface area contributed by atoms with Gasteiger partial charge in [-0.15, -0.1) is 11.3 Å². The van der Waals surface area contributed by atoms with Crippen molar-refractivity contribution in [3.8, 4) is 10.6 Å². The summed E-state index contributed by atoms with van der Waals surface area (Å²) in [6, 6.07) is 12.9. The second kappa shape index (κ2) is 9.37. The summed E-state index contributed by atoms with van der Waals surface area (Å²) in [7, 11) is 0. The Labute approximate surface area is 190 Å². The van der Waals surface area contributed by atoms with Crippen LogP contribution in [0, 0.1) is 11.8 Å². The van der Waals surface area contributed by atoms with Crippen LogP contribution in [-0.4, -0.2) is 29.5 Å². The lowest BCUT2D eigenvalue weighted by atomic mass is 9.78. The lowest BCUT2D eigenvalue weighted by Gasteiger charge is -2.34. The third kappa shape index (κ3) is 4.91. The number of nitrogens with zero attached hydrogens (tertiary/aromatic N) is 1. The number of aromatic nitrogens is 1. The molecule has 1 aromatic carbocycles. The van der Waals surface area contributed by atoms with Crippen LogP contribution in [0.25, 0.3) is 21.5 Å². The van der Waals surface area contributed by atoms with Crippen LogP contribution in [-0.2, 0) is 9.53 Å². The molecule has 1 fully saturated rings. The number of benzene rings is 1. The molecule has 1 saturated carbocycles. The SMILES string of the molecule is C[C@H]1[C@@H](NC(=O)COC(=O)c2cc(-c3ccc(Cl)s3)nc3ccccc23)CCC[C@@H]1C. The van der Waals surface area contributed by atoms with Crippen molar-refractivity contribution in [2.45, 2.75) is 39.2 Å². The molecule has 31 heavy (non-hydrogen) atoms. The average Bonchev–Trinajstić information content (AvgIpc) is 3.21. The zero-order valence-electron chi connectivity index (χ0n) is 17.6. The molecule has 0 bridgehead atoms. The van der Waals surface area contributed by atoms with Crippen LogP contribution in [0.2, 0.25) is 4.34 Å². The molecule has 1 N–H and O–H groups in total. The Kier molecular flexibility index (Phi) is 6.58. The Hall–Kier alpha value is -2.44. The number of thiophene rings is 1. The van der Waals surface area contributed by atoms with Gasteiger partial charge in [0.25, 0.3) is 5.91 Å². The summed E-state index contributed by atoms with van der Waals surface area (Å²) in [6.45, 7) is 4.09. The number of para-hydroxylation sites is 1. The molecule has 2 aromatic heterocycles. The van der Waals surface area contributed by atoms with Gasteiger partial charge in [-0.1, -0.05) is 56.5 Å². The molecule has 0 saturated heterocycles. The minimum atomic E-state index is -0.539. The molecule has 162 valence electrons. The molecule has 2 heterocycles. The van der Waals surface area contributed by atoms with Crippen LogP contribution >= 0.6 is 22.9 Å². The highest BCUT2D eigenvalue weighted by molar-refractivity contribution is 7.19. The predicted molar refractivity (Wildman–Crippen MR) is 124 cm³/mol. The van der Waals surface area contributed by atoms with Crippen molar-refractivity contribution in [3.05, 3.63) is 52.4 Å². The zero-order valence-corrected chi connectivity index (χ0v) is 19.1. The Morgan fingerprint density at radius 1 is 1.19 bits per heavy atom. The number of nitrogens with one attached hydrogen (secondary N) is 1. The van der Waals surface area contributed by atoms with Gasteiger partial charge in [0.1, 0.15) is 0 Å². The molecule has 1 amide bonds. The Morgan fingerprint density at radius 3 is 2.77 bits per heavy atom. The third-order valence-electron chi connectivity index (χ3n) is 6.15. The largest absolute Gasteiger partial charge is 0.452 e. The van der Waals surface area contributed by atoms with E-state index in [2.05, 4.69) is 24.1 Å². The highest BCUT2D eigenvalue weighted by atomic mass is 35.5. The van der Waals surface area contributed by atoms with Gasteiger partial charge in [-0.05, 0) is 42.5 Å². The minimum absolute atomic E-state index is 0.131. The van der Waals surface area contributed by atoms with E-state index >= 15 is 0 Å². The maximum atomic E-state index is 12.9. The van der Waals surface area contributed by atoms with E-state index in [1.807, 2.05) is 30.3 Å². The Balaban J connectivity index is 1.50. The fourth-order valence-electron chi connectivity index (χ4n) is 4.17. The number of fused-ring (bicyclic) bond motifs is 1. The van der Waals surface area contributed by atoms with E-state index in [0.29, 0.717) is 38.3 Å². The van der Waals surface area contributed by atoms with Crippen molar-refractivity contribution < 1.29 is 14.3 Å². The molecule has 5 nitrogen and oxygen atoms in total. The molecular weight excluding hydrogens is 432 g/mol. The number of carbonyl (C=O) groups excluding carboxylic acids is 2. The molecule has 0 unspecified atom stereocenters. The van der Waals surface area contributed by atoms with Crippen LogP contribution in [0.1, 0.15) is 43.5 Å². The summed E-state index contributed by atoms with van der Waals surface area (Å²) >= 11 is 7.46. The lowest BCUT2D eigenvalue weighted by molar-refractivity contribution is -0.125. The zero-order chi connectivity index (χ0) is 22.0. The van der Waals surface area contributed by atoms with Crippen molar-refractivity contribution >= 4 is 45.7 Å². The summed E-state index contributed by atoms with van der Waals surface area (Å²) < 4.78 is 6.05. The maximum absolute atomic E-state index is 12.9. The van der Waals surface area contributed by atoms with Gasteiger partial charge in [-0.2, -0.15) is 0 Å². The van der Waals surface area contributed by atoms with Gasteiger partial charge < -0.3 is 10.1 Å². The van der Waals surface area contributed by atoms with Crippen LogP contribution in [0.15, 0.2) is 42.5 Å². The summed E-state index contributed by atoms with van der Waals surface area (Å²) in [5, 5.41) is 3.73. The van der Waals surface area contributed by atoms with E-state index in [4.69, 9.17) is 16.3 Å². The molecule has 1 aliphatic carbocycles. The number of hydrogen-bond donors (Lipinski definition) is 1. The standard InChI is InChI=1S/C24H25ClN2O3S/c1-14-6-5-9-18(15(14)2)27-23(28)13-30-24(29)17-12-20(21-10-11-22(25)31-21)26-19-8-4-3-7-16(17)19/h3-4,7-8,10-12,14-15,18H,5-6,9,13H2,1-2H3,(H,27,28)/t14-,15+,18-/m0/s1. The normalized spacial score (nSPS) is 21.1. The smallest absolute Gasteiger partial charge is 0.339 e. The van der Waals surface area contributed by atoms with Gasteiger partial charge in [0.15, 0.2) is 6.61 Å². The summed E-state index contributed by atoms with van der Waals surface area (Å²) in [4.78, 5) is 30.9. The van der Waals surface area contributed by atoms with Gasteiger partial charge in [-0.25, -0.2) is 9.78 Å². The fourth-order valence-corrected chi connectivity index (χ4v) is 5.17. The molecular formula is C24H25ClN2O3S. The lowest BCUT2D eigenvalue weighted by Crippen LogP contribution is -2.45. The molecule has 3 aromatic rings. The maximum Gasteiger partial charge on any atom is 0.339 e. The fraction of sp³-hybridized carbons (Fsp3) is 0.375. The number of pyridine rings is 1. The first-order valence-corrected chi connectivity index (χ1v) is 11.7. The number of ether oxygens (including phenoxy) is 1. The molecule has 0 aliphatic heterocycles. The van der Waals surface area contributed by atoms with Crippen molar-refractivity contribution in [3.63, 3.8) is 0 Å². The second-order valence-corrected chi connectivity index (χ2v) is 9.91. The monoisotopic (exact) mass is 456 g/mol. The molecule has 0 radical (unpaired) electrons. The molecule has 1 aliphatic rings. The molecule has 7 heteroatoms. The number of amides is 1. The van der Waals surface area contributed by atoms with E-state index in [-0.39, 0.29) is 18.6 Å². The Bertz CT molecular complexity index is 1110. The third-order valence-corrected chi connectivity index (χ3v) is 7.40. The predicted octanol–water partition coefficient (Wildman–Crippen LogP) is 5.71. The average molecular weight is 457 g/mol. The molecule has 4 rings (SSSR count). The molecule has 3 atom stereocenters. The highest BCUT2D eigenvalue weighted by Gasteiger charge is 2.28. The van der Waals surface area contributed by atoms with Crippen molar-refractivity contribution in [1.82, 2.24) is 10.3 Å². The van der Waals surface area contributed by atoms with Gasteiger partial charge in [0.2, 0.25) is 0 Å². The number of carbonyl (C=O) groups is 2. The van der Waals surface area contributed by atoms with Crippen LogP contribution in [0.5, 0.6) is 0 Å². The second-order valence-electron chi connectivity index (χ2n) is 8.19. The number of hydrogen-bond acceptors (Lipinski definition) is 5. The summed E-state index contributed by atoms with van der Waals surface area (Å²) in [6.07, 6.45) is 3.26. The van der Waals surface area contributed by atoms with Gasteiger partial charge in [-0.3, -0.25) is 4.79 Å². The van der Waals surface area contributed by atoms with Crippen molar-refractivity contribution in [2.75, 3.05) is 6.61 Å². The number of halogens is 1. The molecule has 0 spiro atoms. The summed E-state index contributed by atoms with van der Waals surface area (Å²) in [5.74, 6) is 0.192. The van der Waals surface area contributed by atoms with Crippen molar-refractivity contribution in [1.29, 1.82) is 0 Å². The van der Waals surface area contributed by atoms with E-state index in [0.717, 1.165) is 17.7 Å². The minimum Gasteiger partial charge on any atom is -0.452 e. The van der Waals surface area contributed by atoms with Crippen molar-refractivity contribution in [2.24, 2.45) is 11.8 Å². The first kappa shape index (κ1) is 21.8. The first-order valence-electron chi connectivity index (χ1n) is 10.5. The first-order chi connectivity index (χ1) is 14.9. The van der Waals surface area contributed by atoms with Gasteiger partial charge >= 0.3 is 5.97 Å². The van der Waals surface area contributed by atoms with E-state index in [1.54, 1.807) is 12.1 Å². The van der Waals surface area contributed by atoms with Gasteiger partial charge in [0, 0.05) is 11.4 Å². The number of esters is 1. The topological polar surface area (TPSA) is 68.3 Å². The number of rotatable bonds is 5. The van der Waals surface area contributed by atoms with Crippen LogP contribution in [0.3, 0.4) is 0 Å². The van der Waals surface area contributed by atoms with E-state index in [9.17, 15) is 9.59 Å². The van der Waals surface area contributed by atoms with E-state index < -0.39 is 5.97 Å². The highest BCUT2D eigenvalue weighted by Crippen LogP contribution is 2.32.